The van der Waals surface area contributed by atoms with Gasteiger partial charge in [-0.15, -0.1) is 0 Å². The quantitative estimate of drug-likeness (QED) is 0.657. The lowest BCUT2D eigenvalue weighted by atomic mass is 10.2. The van der Waals surface area contributed by atoms with Crippen LogP contribution in [0.4, 0.5) is 5.69 Å². The summed E-state index contributed by atoms with van der Waals surface area (Å²) in [6.07, 6.45) is 1.62. The zero-order valence-corrected chi connectivity index (χ0v) is 16.5. The van der Waals surface area contributed by atoms with Gasteiger partial charge < -0.3 is 15.0 Å². The summed E-state index contributed by atoms with van der Waals surface area (Å²) in [5.74, 6) is -0.234. The van der Waals surface area contributed by atoms with Gasteiger partial charge in [0.25, 0.3) is 5.91 Å². The molecule has 1 aromatic heterocycles. The van der Waals surface area contributed by atoms with Gasteiger partial charge in [0, 0.05) is 29.3 Å². The van der Waals surface area contributed by atoms with E-state index in [4.69, 9.17) is 27.9 Å². The highest BCUT2D eigenvalue weighted by Gasteiger charge is 2.15. The van der Waals surface area contributed by atoms with Crippen LogP contribution in [0.15, 0.2) is 54.7 Å². The molecule has 8 heteroatoms. The summed E-state index contributed by atoms with van der Waals surface area (Å²) in [7, 11) is 1.53. The number of carbonyl (C=O) groups excluding carboxylic acids is 2. The Morgan fingerprint density at radius 1 is 1.14 bits per heavy atom. The van der Waals surface area contributed by atoms with Crippen molar-refractivity contribution in [2.75, 3.05) is 25.5 Å². The van der Waals surface area contributed by atoms with Crippen molar-refractivity contribution in [3.63, 3.8) is 0 Å². The smallest absolute Gasteiger partial charge is 0.260 e. The van der Waals surface area contributed by atoms with Crippen molar-refractivity contribution in [1.82, 2.24) is 9.88 Å². The summed E-state index contributed by atoms with van der Waals surface area (Å²) in [5, 5.41) is 4.49. The lowest BCUT2D eigenvalue weighted by Gasteiger charge is -2.17. The maximum Gasteiger partial charge on any atom is 0.260 e. The van der Waals surface area contributed by atoms with Crippen molar-refractivity contribution < 1.29 is 14.3 Å². The van der Waals surface area contributed by atoms with Crippen LogP contribution in [0.5, 0.6) is 5.75 Å². The normalized spacial score (nSPS) is 10.5. The van der Waals surface area contributed by atoms with Crippen molar-refractivity contribution in [1.29, 1.82) is 0 Å². The summed E-state index contributed by atoms with van der Waals surface area (Å²) < 4.78 is 5.61. The molecule has 2 amide bonds. The van der Waals surface area contributed by atoms with Gasteiger partial charge in [-0.3, -0.25) is 14.6 Å². The van der Waals surface area contributed by atoms with Crippen molar-refractivity contribution in [2.24, 2.45) is 0 Å². The Morgan fingerprint density at radius 3 is 2.75 bits per heavy atom. The number of nitrogens with zero attached hydrogens (tertiary/aromatic N) is 2. The molecule has 0 saturated heterocycles. The average Bonchev–Trinajstić information content (AvgIpc) is 2.67. The number of ether oxygens (including phenoxy) is 1. The molecule has 6 nitrogen and oxygen atoms in total. The summed E-state index contributed by atoms with van der Waals surface area (Å²) in [5.41, 5.74) is 1.14. The fraction of sp³-hybridized carbons (Fsp3) is 0.150. The highest BCUT2D eigenvalue weighted by atomic mass is 35.5. The first-order chi connectivity index (χ1) is 13.4. The van der Waals surface area contributed by atoms with Crippen LogP contribution in [0.25, 0.3) is 10.9 Å². The third-order valence-corrected chi connectivity index (χ3v) is 4.51. The number of hydrogen-bond acceptors (Lipinski definition) is 4. The molecule has 0 aliphatic heterocycles. The molecule has 0 saturated carbocycles. The third kappa shape index (κ3) is 4.91. The van der Waals surface area contributed by atoms with Crippen LogP contribution in [0, 0.1) is 0 Å². The zero-order chi connectivity index (χ0) is 20.1. The minimum atomic E-state index is -0.347. The molecule has 0 aliphatic carbocycles. The van der Waals surface area contributed by atoms with Crippen LogP contribution in [0.3, 0.4) is 0 Å². The van der Waals surface area contributed by atoms with E-state index in [-0.39, 0.29) is 25.0 Å². The Kier molecular flexibility index (Phi) is 6.34. The van der Waals surface area contributed by atoms with Gasteiger partial charge >= 0.3 is 0 Å². The van der Waals surface area contributed by atoms with Crippen LogP contribution in [0.2, 0.25) is 10.0 Å². The molecule has 0 atom stereocenters. The van der Waals surface area contributed by atoms with E-state index in [2.05, 4.69) is 10.3 Å². The molecule has 0 radical (unpaired) electrons. The standard InChI is InChI=1S/C20H17Cl2N3O3/c1-25(11-18(26)24-14-5-2-4-13(21)10-14)19(27)12-28-17-8-7-16(22)15-6-3-9-23-20(15)17/h2-10H,11-12H2,1H3,(H,24,26). The molecular weight excluding hydrogens is 401 g/mol. The minimum absolute atomic E-state index is 0.117. The molecule has 144 valence electrons. The maximum atomic E-state index is 12.3. The molecule has 3 aromatic rings. The van der Waals surface area contributed by atoms with E-state index >= 15 is 0 Å². The van der Waals surface area contributed by atoms with Crippen LogP contribution >= 0.6 is 23.2 Å². The number of pyridine rings is 1. The van der Waals surface area contributed by atoms with Crippen LogP contribution in [-0.4, -0.2) is 41.9 Å². The molecule has 0 bridgehead atoms. The number of hydrogen-bond donors (Lipinski definition) is 1. The number of anilines is 1. The minimum Gasteiger partial charge on any atom is -0.481 e. The highest BCUT2D eigenvalue weighted by molar-refractivity contribution is 6.35. The summed E-state index contributed by atoms with van der Waals surface area (Å²) in [4.78, 5) is 30.0. The molecule has 1 heterocycles. The molecule has 0 unspecified atom stereocenters. The number of rotatable bonds is 6. The Balaban J connectivity index is 1.57. The lowest BCUT2D eigenvalue weighted by Crippen LogP contribution is -2.37. The number of amides is 2. The number of likely N-dealkylation sites (N-methyl/N-ethyl adjacent to an activating group) is 1. The van der Waals surface area contributed by atoms with Crippen molar-refractivity contribution in [3.8, 4) is 5.75 Å². The number of fused-ring (bicyclic) bond motifs is 1. The Hall–Kier alpha value is -2.83. The van der Waals surface area contributed by atoms with Crippen molar-refractivity contribution >= 4 is 51.6 Å². The van der Waals surface area contributed by atoms with Crippen molar-refractivity contribution in [3.05, 3.63) is 64.8 Å². The second kappa shape index (κ2) is 8.91. The topological polar surface area (TPSA) is 71.5 Å². The molecule has 0 aliphatic rings. The first-order valence-electron chi connectivity index (χ1n) is 8.39. The van der Waals surface area contributed by atoms with Crippen LogP contribution in [0.1, 0.15) is 0 Å². The van der Waals surface area contributed by atoms with Crippen molar-refractivity contribution in [2.45, 2.75) is 0 Å². The number of benzene rings is 2. The van der Waals surface area contributed by atoms with E-state index in [1.807, 2.05) is 6.07 Å². The van der Waals surface area contributed by atoms with E-state index < -0.39 is 0 Å². The predicted octanol–water partition coefficient (Wildman–Crippen LogP) is 4.02. The fourth-order valence-corrected chi connectivity index (χ4v) is 2.95. The van der Waals surface area contributed by atoms with Crippen LogP contribution in [-0.2, 0) is 9.59 Å². The fourth-order valence-electron chi connectivity index (χ4n) is 2.55. The molecular formula is C20H17Cl2N3O3. The van der Waals surface area contributed by atoms with Gasteiger partial charge in [0.1, 0.15) is 11.3 Å². The van der Waals surface area contributed by atoms with Gasteiger partial charge in [0.15, 0.2) is 6.61 Å². The summed E-state index contributed by atoms with van der Waals surface area (Å²) in [6.45, 7) is -0.345. The number of aromatic nitrogens is 1. The summed E-state index contributed by atoms with van der Waals surface area (Å²) >= 11 is 12.0. The second-order valence-electron chi connectivity index (χ2n) is 6.04. The molecule has 3 rings (SSSR count). The van der Waals surface area contributed by atoms with Gasteiger partial charge in [0.05, 0.1) is 11.6 Å². The van der Waals surface area contributed by atoms with Gasteiger partial charge in [-0.25, -0.2) is 0 Å². The third-order valence-electron chi connectivity index (χ3n) is 3.95. The van der Waals surface area contributed by atoms with E-state index in [1.54, 1.807) is 48.7 Å². The van der Waals surface area contributed by atoms with E-state index in [0.29, 0.717) is 27.0 Å². The second-order valence-corrected chi connectivity index (χ2v) is 6.89. The average molecular weight is 418 g/mol. The molecule has 0 spiro atoms. The first kappa shape index (κ1) is 19.9. The molecule has 2 aromatic carbocycles. The van der Waals surface area contributed by atoms with Gasteiger partial charge in [-0.1, -0.05) is 29.3 Å². The molecule has 28 heavy (non-hydrogen) atoms. The number of nitrogens with one attached hydrogen (secondary N) is 1. The SMILES string of the molecule is CN(CC(=O)Nc1cccc(Cl)c1)C(=O)COc1ccc(Cl)c2cccnc12. The Morgan fingerprint density at radius 2 is 1.96 bits per heavy atom. The number of halogens is 2. The highest BCUT2D eigenvalue weighted by Crippen LogP contribution is 2.29. The predicted molar refractivity (Wildman–Crippen MR) is 110 cm³/mol. The molecule has 1 N–H and O–H groups in total. The zero-order valence-electron chi connectivity index (χ0n) is 15.0. The van der Waals surface area contributed by atoms with Gasteiger partial charge in [0.2, 0.25) is 5.91 Å². The summed E-state index contributed by atoms with van der Waals surface area (Å²) in [6, 6.07) is 13.7. The number of carbonyl (C=O) groups is 2. The monoisotopic (exact) mass is 417 g/mol. The van der Waals surface area contributed by atoms with Gasteiger partial charge in [-0.2, -0.15) is 0 Å². The van der Waals surface area contributed by atoms with Gasteiger partial charge in [-0.05, 0) is 42.5 Å². The first-order valence-corrected chi connectivity index (χ1v) is 9.15. The van der Waals surface area contributed by atoms with E-state index in [1.165, 1.54) is 11.9 Å². The maximum absolute atomic E-state index is 12.3. The molecule has 0 fully saturated rings. The Bertz CT molecular complexity index is 1030. The van der Waals surface area contributed by atoms with Crippen LogP contribution < -0.4 is 10.1 Å². The largest absolute Gasteiger partial charge is 0.481 e. The Labute approximate surface area is 172 Å². The lowest BCUT2D eigenvalue weighted by molar-refractivity contribution is -0.135. The van der Waals surface area contributed by atoms with E-state index in [0.717, 1.165) is 5.39 Å². The van der Waals surface area contributed by atoms with E-state index in [9.17, 15) is 9.59 Å².